The van der Waals surface area contributed by atoms with Crippen molar-refractivity contribution in [2.45, 2.75) is 29.5 Å². The summed E-state index contributed by atoms with van der Waals surface area (Å²) in [5.74, 6) is 0.230. The maximum Gasteiger partial charge on any atom is 0.250 e. The summed E-state index contributed by atoms with van der Waals surface area (Å²) < 4.78 is 33.4. The number of thiophene rings is 1. The number of aryl methyl sites for hydroxylation is 1. The molecule has 1 aliphatic heterocycles. The van der Waals surface area contributed by atoms with Crippen LogP contribution in [0.1, 0.15) is 18.4 Å². The van der Waals surface area contributed by atoms with Gasteiger partial charge in [0, 0.05) is 19.1 Å². The standard InChI is InChI=1S/C11H15Cl2NO3S2/c1-8-6-9(18-10(8)13)19(15,16)14-11(7-12)2-4-17-5-3-11/h6,14H,2-5,7H2,1H3. The molecule has 1 aromatic rings. The second kappa shape index (κ2) is 5.87. The van der Waals surface area contributed by atoms with Crippen molar-refractivity contribution in [1.82, 2.24) is 4.72 Å². The predicted octanol–water partition coefficient (Wildman–Crippen LogP) is 2.78. The molecule has 1 aliphatic rings. The first-order valence-electron chi connectivity index (χ1n) is 5.82. The molecule has 0 bridgehead atoms. The van der Waals surface area contributed by atoms with E-state index < -0.39 is 15.6 Å². The smallest absolute Gasteiger partial charge is 0.250 e. The maximum atomic E-state index is 12.4. The average molecular weight is 344 g/mol. The van der Waals surface area contributed by atoms with Crippen LogP contribution in [-0.2, 0) is 14.8 Å². The van der Waals surface area contributed by atoms with Gasteiger partial charge in [0.25, 0.3) is 10.0 Å². The van der Waals surface area contributed by atoms with Crippen LogP contribution in [0.3, 0.4) is 0 Å². The Morgan fingerprint density at radius 2 is 2.11 bits per heavy atom. The molecule has 1 N–H and O–H groups in total. The number of alkyl halides is 1. The van der Waals surface area contributed by atoms with E-state index in [1.165, 1.54) is 0 Å². The molecule has 0 amide bonds. The van der Waals surface area contributed by atoms with E-state index in [2.05, 4.69) is 4.72 Å². The number of nitrogens with one attached hydrogen (secondary N) is 1. The van der Waals surface area contributed by atoms with Gasteiger partial charge >= 0.3 is 0 Å². The fourth-order valence-electron chi connectivity index (χ4n) is 1.92. The Hall–Kier alpha value is 0.150. The molecule has 0 aliphatic carbocycles. The minimum absolute atomic E-state index is 0.228. The van der Waals surface area contributed by atoms with Crippen LogP contribution in [0.5, 0.6) is 0 Å². The Kier molecular flexibility index (Phi) is 4.80. The quantitative estimate of drug-likeness (QED) is 0.855. The van der Waals surface area contributed by atoms with Gasteiger partial charge in [-0.2, -0.15) is 0 Å². The molecule has 8 heteroatoms. The SMILES string of the molecule is Cc1cc(S(=O)(=O)NC2(CCl)CCOCC2)sc1Cl. The third-order valence-electron chi connectivity index (χ3n) is 3.16. The summed E-state index contributed by atoms with van der Waals surface area (Å²) >= 11 is 12.9. The Labute approximate surface area is 127 Å². The first-order valence-corrected chi connectivity index (χ1v) is 9.03. The van der Waals surface area contributed by atoms with E-state index in [9.17, 15) is 8.42 Å². The summed E-state index contributed by atoms with van der Waals surface area (Å²) in [4.78, 5) is 0. The van der Waals surface area contributed by atoms with Crippen LogP contribution in [0.2, 0.25) is 4.34 Å². The van der Waals surface area contributed by atoms with Crippen LogP contribution >= 0.6 is 34.5 Å². The van der Waals surface area contributed by atoms with Crippen molar-refractivity contribution >= 4 is 44.6 Å². The Morgan fingerprint density at radius 3 is 2.58 bits per heavy atom. The summed E-state index contributed by atoms with van der Waals surface area (Å²) in [6.45, 7) is 2.81. The zero-order valence-electron chi connectivity index (χ0n) is 10.4. The predicted molar refractivity (Wildman–Crippen MR) is 77.9 cm³/mol. The van der Waals surface area contributed by atoms with Crippen LogP contribution in [0.25, 0.3) is 0 Å². The number of ether oxygens (including phenoxy) is 1. The van der Waals surface area contributed by atoms with E-state index in [0.29, 0.717) is 30.4 Å². The lowest BCUT2D eigenvalue weighted by atomic mass is 9.94. The van der Waals surface area contributed by atoms with E-state index in [-0.39, 0.29) is 10.1 Å². The Bertz CT molecular complexity index is 531. The Morgan fingerprint density at radius 1 is 1.47 bits per heavy atom. The van der Waals surface area contributed by atoms with Crippen molar-refractivity contribution in [2.75, 3.05) is 19.1 Å². The van der Waals surface area contributed by atoms with E-state index in [1.54, 1.807) is 13.0 Å². The highest BCUT2D eigenvalue weighted by Gasteiger charge is 2.37. The topological polar surface area (TPSA) is 55.4 Å². The van der Waals surface area contributed by atoms with Gasteiger partial charge in [0.05, 0.1) is 9.88 Å². The van der Waals surface area contributed by atoms with Gasteiger partial charge in [0.15, 0.2) is 0 Å². The lowest BCUT2D eigenvalue weighted by Crippen LogP contribution is -2.53. The summed E-state index contributed by atoms with van der Waals surface area (Å²) in [5, 5.41) is 0. The second-order valence-electron chi connectivity index (χ2n) is 4.65. The van der Waals surface area contributed by atoms with E-state index in [1.807, 2.05) is 0 Å². The molecule has 1 saturated heterocycles. The largest absolute Gasteiger partial charge is 0.381 e. The highest BCUT2D eigenvalue weighted by Crippen LogP contribution is 2.32. The van der Waals surface area contributed by atoms with Gasteiger partial charge in [-0.05, 0) is 31.4 Å². The molecule has 2 rings (SSSR count). The summed E-state index contributed by atoms with van der Waals surface area (Å²) in [6, 6.07) is 1.58. The second-order valence-corrected chi connectivity index (χ2v) is 8.48. The van der Waals surface area contributed by atoms with Gasteiger partial charge in [-0.1, -0.05) is 11.6 Å². The number of hydrogen-bond donors (Lipinski definition) is 1. The molecule has 0 radical (unpaired) electrons. The molecule has 19 heavy (non-hydrogen) atoms. The molecule has 0 aromatic carbocycles. The van der Waals surface area contributed by atoms with Gasteiger partial charge in [-0.25, -0.2) is 13.1 Å². The van der Waals surface area contributed by atoms with Crippen molar-refractivity contribution < 1.29 is 13.2 Å². The van der Waals surface area contributed by atoms with Gasteiger partial charge in [0.1, 0.15) is 4.21 Å². The number of sulfonamides is 1. The maximum absolute atomic E-state index is 12.4. The summed E-state index contributed by atoms with van der Waals surface area (Å²) in [6.07, 6.45) is 1.15. The van der Waals surface area contributed by atoms with Crippen LogP contribution < -0.4 is 4.72 Å². The fraction of sp³-hybridized carbons (Fsp3) is 0.636. The highest BCUT2D eigenvalue weighted by atomic mass is 35.5. The Balaban J connectivity index is 2.24. The van der Waals surface area contributed by atoms with E-state index in [4.69, 9.17) is 27.9 Å². The van der Waals surface area contributed by atoms with Gasteiger partial charge in [0.2, 0.25) is 0 Å². The van der Waals surface area contributed by atoms with E-state index >= 15 is 0 Å². The van der Waals surface area contributed by atoms with E-state index in [0.717, 1.165) is 16.9 Å². The molecular weight excluding hydrogens is 329 g/mol. The monoisotopic (exact) mass is 343 g/mol. The normalized spacial score (nSPS) is 19.5. The average Bonchev–Trinajstić information content (AvgIpc) is 2.71. The molecule has 1 fully saturated rings. The molecule has 1 aromatic heterocycles. The highest BCUT2D eigenvalue weighted by molar-refractivity contribution is 7.91. The third-order valence-corrected chi connectivity index (χ3v) is 7.27. The van der Waals surface area contributed by atoms with Crippen LogP contribution in [0, 0.1) is 6.92 Å². The molecular formula is C11H15Cl2NO3S2. The number of rotatable bonds is 4. The number of hydrogen-bond acceptors (Lipinski definition) is 4. The van der Waals surface area contributed by atoms with Crippen LogP contribution in [-0.4, -0.2) is 33.1 Å². The minimum atomic E-state index is -3.59. The number of halogens is 2. The van der Waals surface area contributed by atoms with Gasteiger partial charge < -0.3 is 4.74 Å². The molecule has 0 atom stereocenters. The fourth-order valence-corrected chi connectivity index (χ4v) is 5.50. The van der Waals surface area contributed by atoms with Crippen molar-refractivity contribution in [3.05, 3.63) is 16.0 Å². The molecule has 0 unspecified atom stereocenters. The zero-order chi connectivity index (χ0) is 14.1. The first-order chi connectivity index (χ1) is 8.88. The van der Waals surface area contributed by atoms with Gasteiger partial charge in [-0.15, -0.1) is 22.9 Å². The first kappa shape index (κ1) is 15.5. The van der Waals surface area contributed by atoms with Gasteiger partial charge in [-0.3, -0.25) is 0 Å². The van der Waals surface area contributed by atoms with Crippen molar-refractivity contribution in [3.8, 4) is 0 Å². The molecule has 2 heterocycles. The molecule has 4 nitrogen and oxygen atoms in total. The zero-order valence-corrected chi connectivity index (χ0v) is 13.6. The molecule has 0 spiro atoms. The van der Waals surface area contributed by atoms with Crippen molar-refractivity contribution in [3.63, 3.8) is 0 Å². The summed E-state index contributed by atoms with van der Waals surface area (Å²) in [5.41, 5.74) is 0.141. The van der Waals surface area contributed by atoms with Crippen LogP contribution in [0.15, 0.2) is 10.3 Å². The van der Waals surface area contributed by atoms with Crippen LogP contribution in [0.4, 0.5) is 0 Å². The van der Waals surface area contributed by atoms with Crippen molar-refractivity contribution in [2.24, 2.45) is 0 Å². The lowest BCUT2D eigenvalue weighted by molar-refractivity contribution is 0.0549. The minimum Gasteiger partial charge on any atom is -0.381 e. The lowest BCUT2D eigenvalue weighted by Gasteiger charge is -2.35. The summed E-state index contributed by atoms with van der Waals surface area (Å²) in [7, 11) is -3.59. The molecule has 108 valence electrons. The van der Waals surface area contributed by atoms with Crippen molar-refractivity contribution in [1.29, 1.82) is 0 Å². The third kappa shape index (κ3) is 3.43. The molecule has 0 saturated carbocycles.